The molecular formula is C10H23N3. The molecule has 0 amide bonds. The van der Waals surface area contributed by atoms with Gasteiger partial charge in [0.1, 0.15) is 6.29 Å². The molecule has 0 rings (SSSR count). The smallest absolute Gasteiger partial charge is 0.112 e. The van der Waals surface area contributed by atoms with Crippen LogP contribution in [0.15, 0.2) is 12.7 Å². The van der Waals surface area contributed by atoms with Crippen LogP contribution in [0.25, 0.3) is 0 Å². The van der Waals surface area contributed by atoms with Gasteiger partial charge in [0.2, 0.25) is 0 Å². The zero-order chi connectivity index (χ0) is 10.3. The summed E-state index contributed by atoms with van der Waals surface area (Å²) in [5.41, 5.74) is 0. The molecule has 0 aromatic heterocycles. The van der Waals surface area contributed by atoms with Crippen LogP contribution < -0.4 is 16.0 Å². The lowest BCUT2D eigenvalue weighted by atomic mass is 10.3. The molecule has 3 heteroatoms. The van der Waals surface area contributed by atoms with E-state index in [0.717, 1.165) is 6.54 Å². The summed E-state index contributed by atoms with van der Waals surface area (Å²) in [6.45, 7) is 13.0. The molecule has 3 N–H and O–H groups in total. The zero-order valence-corrected chi connectivity index (χ0v) is 9.22. The first-order valence-electron chi connectivity index (χ1n) is 4.92. The Morgan fingerprint density at radius 3 is 1.85 bits per heavy atom. The second kappa shape index (κ2) is 7.06. The highest BCUT2D eigenvalue weighted by atomic mass is 15.3. The van der Waals surface area contributed by atoms with E-state index in [-0.39, 0.29) is 6.29 Å². The van der Waals surface area contributed by atoms with E-state index in [2.05, 4.69) is 50.2 Å². The minimum atomic E-state index is 0.165. The Balaban J connectivity index is 3.79. The molecule has 0 atom stereocenters. The first kappa shape index (κ1) is 12.6. The molecule has 78 valence electrons. The van der Waals surface area contributed by atoms with Crippen molar-refractivity contribution in [2.45, 2.75) is 46.1 Å². The van der Waals surface area contributed by atoms with E-state index in [1.54, 1.807) is 0 Å². The predicted octanol–water partition coefficient (Wildman–Crippen LogP) is 1.04. The Morgan fingerprint density at radius 1 is 1.08 bits per heavy atom. The van der Waals surface area contributed by atoms with Gasteiger partial charge in [-0.1, -0.05) is 6.08 Å². The monoisotopic (exact) mass is 185 g/mol. The molecule has 3 nitrogen and oxygen atoms in total. The predicted molar refractivity (Wildman–Crippen MR) is 58.5 cm³/mol. The minimum Gasteiger partial charge on any atom is -0.287 e. The Kier molecular flexibility index (Phi) is 6.86. The van der Waals surface area contributed by atoms with Gasteiger partial charge in [-0.25, -0.2) is 0 Å². The van der Waals surface area contributed by atoms with Crippen LogP contribution in [0.4, 0.5) is 0 Å². The summed E-state index contributed by atoms with van der Waals surface area (Å²) in [4.78, 5) is 0. The Labute approximate surface area is 82.0 Å². The van der Waals surface area contributed by atoms with Crippen molar-refractivity contribution in [1.29, 1.82) is 0 Å². The molecule has 0 heterocycles. The third-order valence-electron chi connectivity index (χ3n) is 1.47. The largest absolute Gasteiger partial charge is 0.287 e. The van der Waals surface area contributed by atoms with Crippen LogP contribution in [0.5, 0.6) is 0 Å². The summed E-state index contributed by atoms with van der Waals surface area (Å²) < 4.78 is 0. The van der Waals surface area contributed by atoms with Gasteiger partial charge in [0, 0.05) is 18.6 Å². The van der Waals surface area contributed by atoms with Gasteiger partial charge in [-0.15, -0.1) is 6.58 Å². The molecule has 0 bridgehead atoms. The summed E-state index contributed by atoms with van der Waals surface area (Å²) in [6.07, 6.45) is 2.02. The first-order valence-corrected chi connectivity index (χ1v) is 4.92. The van der Waals surface area contributed by atoms with Crippen molar-refractivity contribution < 1.29 is 0 Å². The van der Waals surface area contributed by atoms with Crippen molar-refractivity contribution in [3.63, 3.8) is 0 Å². The second-order valence-electron chi connectivity index (χ2n) is 3.77. The van der Waals surface area contributed by atoms with Crippen molar-refractivity contribution in [2.24, 2.45) is 0 Å². The maximum Gasteiger partial charge on any atom is 0.112 e. The molecule has 0 saturated heterocycles. The highest BCUT2D eigenvalue weighted by molar-refractivity contribution is 4.74. The quantitative estimate of drug-likeness (QED) is 0.410. The maximum absolute atomic E-state index is 3.67. The Hall–Kier alpha value is -0.380. The third kappa shape index (κ3) is 7.96. The van der Waals surface area contributed by atoms with Crippen LogP contribution in [0.3, 0.4) is 0 Å². The van der Waals surface area contributed by atoms with Crippen LogP contribution in [0.1, 0.15) is 27.7 Å². The molecule has 0 radical (unpaired) electrons. The summed E-state index contributed by atoms with van der Waals surface area (Å²) in [7, 11) is 0. The van der Waals surface area contributed by atoms with Crippen LogP contribution >= 0.6 is 0 Å². The fourth-order valence-corrected chi connectivity index (χ4v) is 1.03. The molecule has 0 aromatic carbocycles. The van der Waals surface area contributed by atoms with E-state index in [9.17, 15) is 0 Å². The average Bonchev–Trinajstić information content (AvgIpc) is 1.98. The van der Waals surface area contributed by atoms with Gasteiger partial charge in [0.05, 0.1) is 0 Å². The van der Waals surface area contributed by atoms with Crippen LogP contribution in [0, 0.1) is 0 Å². The van der Waals surface area contributed by atoms with E-state index in [4.69, 9.17) is 0 Å². The van der Waals surface area contributed by atoms with E-state index in [0.29, 0.717) is 12.1 Å². The molecular weight excluding hydrogens is 162 g/mol. The third-order valence-corrected chi connectivity index (χ3v) is 1.47. The van der Waals surface area contributed by atoms with Crippen molar-refractivity contribution in [2.75, 3.05) is 6.54 Å². The van der Waals surface area contributed by atoms with Crippen molar-refractivity contribution in [3.05, 3.63) is 12.7 Å². The Morgan fingerprint density at radius 2 is 1.54 bits per heavy atom. The summed E-state index contributed by atoms with van der Waals surface area (Å²) in [5, 5.41) is 10.0. The number of hydrogen-bond acceptors (Lipinski definition) is 3. The number of rotatable bonds is 7. The van der Waals surface area contributed by atoms with Gasteiger partial charge >= 0.3 is 0 Å². The van der Waals surface area contributed by atoms with Crippen LogP contribution in [0.2, 0.25) is 0 Å². The highest BCUT2D eigenvalue weighted by Gasteiger charge is 2.07. The van der Waals surface area contributed by atoms with Gasteiger partial charge in [0.25, 0.3) is 0 Å². The molecule has 13 heavy (non-hydrogen) atoms. The van der Waals surface area contributed by atoms with E-state index < -0.39 is 0 Å². The molecule has 0 aliphatic rings. The SMILES string of the molecule is C=CCNC(NC(C)C)NC(C)C. The maximum atomic E-state index is 3.67. The standard InChI is InChI=1S/C10H23N3/c1-6-7-11-10(12-8(2)3)13-9(4)5/h6,8-13H,1,7H2,2-5H3. The lowest BCUT2D eigenvalue weighted by Crippen LogP contribution is -2.56. The zero-order valence-electron chi connectivity index (χ0n) is 9.22. The minimum absolute atomic E-state index is 0.165. The van der Waals surface area contributed by atoms with Gasteiger partial charge in [-0.05, 0) is 27.7 Å². The van der Waals surface area contributed by atoms with Gasteiger partial charge < -0.3 is 0 Å². The van der Waals surface area contributed by atoms with Gasteiger partial charge in [-0.3, -0.25) is 16.0 Å². The van der Waals surface area contributed by atoms with E-state index in [1.165, 1.54) is 0 Å². The average molecular weight is 185 g/mol. The molecule has 0 unspecified atom stereocenters. The molecule has 0 spiro atoms. The van der Waals surface area contributed by atoms with Gasteiger partial charge in [-0.2, -0.15) is 0 Å². The van der Waals surface area contributed by atoms with Crippen LogP contribution in [-0.2, 0) is 0 Å². The fraction of sp³-hybridized carbons (Fsp3) is 0.800. The number of hydrogen-bond donors (Lipinski definition) is 3. The molecule has 0 aliphatic heterocycles. The summed E-state index contributed by atoms with van der Waals surface area (Å²) in [6, 6.07) is 0.933. The van der Waals surface area contributed by atoms with Gasteiger partial charge in [0.15, 0.2) is 0 Å². The first-order chi connectivity index (χ1) is 6.06. The highest BCUT2D eigenvalue weighted by Crippen LogP contribution is 1.84. The van der Waals surface area contributed by atoms with Crippen molar-refractivity contribution in [1.82, 2.24) is 16.0 Å². The summed E-state index contributed by atoms with van der Waals surface area (Å²) >= 11 is 0. The van der Waals surface area contributed by atoms with Crippen LogP contribution in [-0.4, -0.2) is 24.9 Å². The lowest BCUT2D eigenvalue weighted by Gasteiger charge is -2.25. The van der Waals surface area contributed by atoms with Crippen molar-refractivity contribution >= 4 is 0 Å². The summed E-state index contributed by atoms with van der Waals surface area (Å²) in [5.74, 6) is 0. The number of nitrogens with one attached hydrogen (secondary N) is 3. The molecule has 0 saturated carbocycles. The lowest BCUT2D eigenvalue weighted by molar-refractivity contribution is 0.320. The fourth-order valence-electron chi connectivity index (χ4n) is 1.03. The Bertz CT molecular complexity index is 122. The van der Waals surface area contributed by atoms with E-state index >= 15 is 0 Å². The molecule has 0 aromatic rings. The van der Waals surface area contributed by atoms with Crippen molar-refractivity contribution in [3.8, 4) is 0 Å². The topological polar surface area (TPSA) is 36.1 Å². The second-order valence-corrected chi connectivity index (χ2v) is 3.77. The van der Waals surface area contributed by atoms with E-state index in [1.807, 2.05) is 6.08 Å². The molecule has 0 aliphatic carbocycles. The molecule has 0 fully saturated rings. The normalized spacial score (nSPS) is 11.6.